The van der Waals surface area contributed by atoms with E-state index in [-0.39, 0.29) is 18.7 Å². The molecule has 0 saturated heterocycles. The molecule has 1 unspecified atom stereocenters. The summed E-state index contributed by atoms with van der Waals surface area (Å²) < 4.78 is 4.21. The average molecular weight is 545 g/mol. The minimum Gasteiger partial charge on any atom is -0.480 e. The highest BCUT2D eigenvalue weighted by molar-refractivity contribution is 9.10. The van der Waals surface area contributed by atoms with Crippen LogP contribution < -0.4 is 11.1 Å². The zero-order chi connectivity index (χ0) is 22.1. The van der Waals surface area contributed by atoms with Crippen molar-refractivity contribution < 1.29 is 14.7 Å². The molecule has 0 spiro atoms. The Labute approximate surface area is 195 Å². The van der Waals surface area contributed by atoms with Gasteiger partial charge >= 0.3 is 5.97 Å². The number of carbonyl (C=O) groups excluding carboxylic acids is 1. The SMILES string of the molecule is NC(CCC(=O)Nc1ccc(-n2c3ccc(Br)cc3c3cc(Br)ccc32)cc1)C(=O)O. The van der Waals surface area contributed by atoms with Crippen molar-refractivity contribution >= 4 is 71.2 Å². The molecule has 8 heteroatoms. The molecule has 0 aliphatic rings. The number of nitrogens with two attached hydrogens (primary N) is 1. The van der Waals surface area contributed by atoms with E-state index in [0.29, 0.717) is 5.69 Å². The number of aromatic nitrogens is 1. The molecule has 4 aromatic rings. The lowest BCUT2D eigenvalue weighted by atomic mass is 10.1. The van der Waals surface area contributed by atoms with Gasteiger partial charge in [-0.2, -0.15) is 0 Å². The van der Waals surface area contributed by atoms with Crippen LogP contribution in [0.3, 0.4) is 0 Å². The molecule has 3 aromatic carbocycles. The van der Waals surface area contributed by atoms with Crippen LogP contribution in [-0.4, -0.2) is 27.6 Å². The summed E-state index contributed by atoms with van der Waals surface area (Å²) in [7, 11) is 0. The van der Waals surface area contributed by atoms with E-state index >= 15 is 0 Å². The molecule has 6 nitrogen and oxygen atoms in total. The molecule has 0 fully saturated rings. The first kappa shape index (κ1) is 21.5. The van der Waals surface area contributed by atoms with Crippen LogP contribution in [0.5, 0.6) is 0 Å². The van der Waals surface area contributed by atoms with Gasteiger partial charge in [0.15, 0.2) is 0 Å². The second kappa shape index (κ2) is 8.82. The van der Waals surface area contributed by atoms with Gasteiger partial charge in [0, 0.05) is 37.5 Å². The van der Waals surface area contributed by atoms with Crippen LogP contribution in [0, 0.1) is 0 Å². The Kier molecular flexibility index (Phi) is 6.13. The number of nitrogens with one attached hydrogen (secondary N) is 1. The number of benzene rings is 3. The van der Waals surface area contributed by atoms with Gasteiger partial charge in [-0.05, 0) is 67.1 Å². The fourth-order valence-corrected chi connectivity index (χ4v) is 4.30. The quantitative estimate of drug-likeness (QED) is 0.301. The average Bonchev–Trinajstić information content (AvgIpc) is 3.05. The van der Waals surface area contributed by atoms with Gasteiger partial charge in [0.25, 0.3) is 0 Å². The number of carboxylic acid groups (broad SMARTS) is 1. The molecule has 0 aliphatic heterocycles. The summed E-state index contributed by atoms with van der Waals surface area (Å²) in [5, 5.41) is 13.9. The van der Waals surface area contributed by atoms with E-state index in [4.69, 9.17) is 10.8 Å². The first-order valence-corrected chi connectivity index (χ1v) is 11.2. The predicted molar refractivity (Wildman–Crippen MR) is 130 cm³/mol. The van der Waals surface area contributed by atoms with E-state index in [1.807, 2.05) is 36.4 Å². The molecule has 4 rings (SSSR count). The van der Waals surface area contributed by atoms with Crippen molar-refractivity contribution in [2.24, 2.45) is 5.73 Å². The normalized spacial score (nSPS) is 12.2. The largest absolute Gasteiger partial charge is 0.480 e. The first-order chi connectivity index (χ1) is 14.8. The monoisotopic (exact) mass is 543 g/mol. The highest BCUT2D eigenvalue weighted by atomic mass is 79.9. The van der Waals surface area contributed by atoms with E-state index in [1.165, 1.54) is 0 Å². The molecule has 1 aromatic heterocycles. The third-order valence-electron chi connectivity index (χ3n) is 5.10. The summed E-state index contributed by atoms with van der Waals surface area (Å²) in [5.41, 5.74) is 9.22. The second-order valence-electron chi connectivity index (χ2n) is 7.24. The zero-order valence-corrected chi connectivity index (χ0v) is 19.5. The van der Waals surface area contributed by atoms with Crippen LogP contribution in [0.25, 0.3) is 27.5 Å². The van der Waals surface area contributed by atoms with E-state index in [9.17, 15) is 9.59 Å². The van der Waals surface area contributed by atoms with Crippen LogP contribution in [-0.2, 0) is 9.59 Å². The maximum atomic E-state index is 12.1. The Morgan fingerprint density at radius 2 is 1.48 bits per heavy atom. The number of carboxylic acids is 1. The highest BCUT2D eigenvalue weighted by Gasteiger charge is 2.15. The molecule has 0 radical (unpaired) electrons. The van der Waals surface area contributed by atoms with Crippen molar-refractivity contribution in [3.8, 4) is 5.69 Å². The number of anilines is 1. The predicted octanol–water partition coefficient (Wildman–Crippen LogP) is 5.44. The van der Waals surface area contributed by atoms with Crippen LogP contribution in [0.15, 0.2) is 69.6 Å². The first-order valence-electron chi connectivity index (χ1n) is 9.61. The third kappa shape index (κ3) is 4.51. The fourth-order valence-electron chi connectivity index (χ4n) is 3.57. The summed E-state index contributed by atoms with van der Waals surface area (Å²) >= 11 is 7.12. The number of amides is 1. The minimum absolute atomic E-state index is 0.0475. The molecule has 1 atom stereocenters. The van der Waals surface area contributed by atoms with Gasteiger partial charge in [-0.15, -0.1) is 0 Å². The minimum atomic E-state index is -1.11. The molecule has 31 heavy (non-hydrogen) atoms. The van der Waals surface area contributed by atoms with Crippen molar-refractivity contribution in [3.05, 3.63) is 69.6 Å². The summed E-state index contributed by atoms with van der Waals surface area (Å²) in [4.78, 5) is 22.9. The Morgan fingerprint density at radius 3 is 2.00 bits per heavy atom. The number of rotatable bonds is 6. The Morgan fingerprint density at radius 1 is 0.935 bits per heavy atom. The standard InChI is InChI=1S/C23H19Br2N3O3/c24-13-1-8-20-17(11-13)18-12-14(25)2-9-21(18)28(20)16-5-3-15(4-6-16)27-22(29)10-7-19(26)23(30)31/h1-6,8-9,11-12,19H,7,10,26H2,(H,27,29)(H,30,31). The van der Waals surface area contributed by atoms with E-state index < -0.39 is 12.0 Å². The van der Waals surface area contributed by atoms with Crippen LogP contribution >= 0.6 is 31.9 Å². The van der Waals surface area contributed by atoms with Crippen molar-refractivity contribution in [1.29, 1.82) is 0 Å². The number of nitrogens with zero attached hydrogens (tertiary/aromatic N) is 1. The van der Waals surface area contributed by atoms with Crippen LogP contribution in [0.1, 0.15) is 12.8 Å². The molecule has 158 valence electrons. The molecule has 1 heterocycles. The van der Waals surface area contributed by atoms with Gasteiger partial charge in [0.1, 0.15) is 6.04 Å². The van der Waals surface area contributed by atoms with Gasteiger partial charge in [0.05, 0.1) is 11.0 Å². The van der Waals surface area contributed by atoms with Crippen LogP contribution in [0.4, 0.5) is 5.69 Å². The summed E-state index contributed by atoms with van der Waals surface area (Å²) in [5.74, 6) is -1.38. The Hall–Kier alpha value is -2.68. The number of aliphatic carboxylic acids is 1. The van der Waals surface area contributed by atoms with Crippen molar-refractivity contribution in [1.82, 2.24) is 4.57 Å². The van der Waals surface area contributed by atoms with Gasteiger partial charge in [-0.3, -0.25) is 9.59 Å². The lowest BCUT2D eigenvalue weighted by molar-refractivity contribution is -0.138. The molecular weight excluding hydrogens is 526 g/mol. The van der Waals surface area contributed by atoms with Gasteiger partial charge < -0.3 is 20.7 Å². The maximum Gasteiger partial charge on any atom is 0.320 e. The maximum absolute atomic E-state index is 12.1. The van der Waals surface area contributed by atoms with Gasteiger partial charge in [-0.25, -0.2) is 0 Å². The number of halogens is 2. The van der Waals surface area contributed by atoms with Crippen molar-refractivity contribution in [2.75, 3.05) is 5.32 Å². The molecular formula is C23H19Br2N3O3. The topological polar surface area (TPSA) is 97.4 Å². The van der Waals surface area contributed by atoms with E-state index in [2.05, 4.69) is 66.0 Å². The fraction of sp³-hybridized carbons (Fsp3) is 0.130. The number of hydrogen-bond donors (Lipinski definition) is 3. The van der Waals surface area contributed by atoms with Crippen molar-refractivity contribution in [3.63, 3.8) is 0 Å². The Balaban J connectivity index is 1.63. The number of carbonyl (C=O) groups is 2. The van der Waals surface area contributed by atoms with E-state index in [0.717, 1.165) is 36.4 Å². The molecule has 0 bridgehead atoms. The summed E-state index contributed by atoms with van der Waals surface area (Å²) in [6.07, 6.45) is 0.136. The summed E-state index contributed by atoms with van der Waals surface area (Å²) in [6, 6.07) is 18.9. The lowest BCUT2D eigenvalue weighted by Gasteiger charge is -2.11. The highest BCUT2D eigenvalue weighted by Crippen LogP contribution is 2.35. The number of fused-ring (bicyclic) bond motifs is 3. The van der Waals surface area contributed by atoms with Gasteiger partial charge in [-0.1, -0.05) is 31.9 Å². The smallest absolute Gasteiger partial charge is 0.320 e. The van der Waals surface area contributed by atoms with Crippen molar-refractivity contribution in [2.45, 2.75) is 18.9 Å². The van der Waals surface area contributed by atoms with Crippen LogP contribution in [0.2, 0.25) is 0 Å². The Bertz CT molecular complexity index is 1240. The molecule has 0 aliphatic carbocycles. The number of hydrogen-bond acceptors (Lipinski definition) is 3. The molecule has 0 saturated carbocycles. The third-order valence-corrected chi connectivity index (χ3v) is 6.08. The zero-order valence-electron chi connectivity index (χ0n) is 16.3. The second-order valence-corrected chi connectivity index (χ2v) is 9.07. The van der Waals surface area contributed by atoms with E-state index in [1.54, 1.807) is 0 Å². The molecule has 4 N–H and O–H groups in total. The van der Waals surface area contributed by atoms with Gasteiger partial charge in [0.2, 0.25) is 5.91 Å². The molecule has 1 amide bonds. The summed E-state index contributed by atoms with van der Waals surface area (Å²) in [6.45, 7) is 0. The lowest BCUT2D eigenvalue weighted by Crippen LogP contribution is -2.31.